The number of fused-ring (bicyclic) bond motifs is 1. The standard InChI is InChI=1S/C22H28N4O4S/c1-4-29-17-10-8-15(9-11-17)18(19-20(27)26-22(31-19)23-14(3)24-26)25-12-6-7-16(13-25)21(28)30-5-2/h8-11,16,18,27H,4-7,12-13H2,1-3H3. The third kappa shape index (κ3) is 4.38. The summed E-state index contributed by atoms with van der Waals surface area (Å²) >= 11 is 1.43. The van der Waals surface area contributed by atoms with Gasteiger partial charge in [-0.1, -0.05) is 23.5 Å². The number of thiazole rings is 1. The highest BCUT2D eigenvalue weighted by atomic mass is 32.1. The summed E-state index contributed by atoms with van der Waals surface area (Å²) < 4.78 is 12.4. The second-order valence-corrected chi connectivity index (χ2v) is 8.64. The SMILES string of the molecule is CCOC(=O)C1CCCN(C(c2ccc(OCC)cc2)c2sc3nc(C)nn3c2O)C1. The third-order valence-electron chi connectivity index (χ3n) is 5.50. The van der Waals surface area contributed by atoms with Crippen molar-refractivity contribution in [2.24, 2.45) is 5.92 Å². The van der Waals surface area contributed by atoms with Gasteiger partial charge < -0.3 is 14.6 Å². The maximum absolute atomic E-state index is 12.4. The van der Waals surface area contributed by atoms with Crippen LogP contribution in [0.25, 0.3) is 4.96 Å². The van der Waals surface area contributed by atoms with E-state index in [1.807, 2.05) is 38.1 Å². The van der Waals surface area contributed by atoms with Crippen molar-refractivity contribution in [1.82, 2.24) is 19.5 Å². The van der Waals surface area contributed by atoms with Crippen molar-refractivity contribution in [2.75, 3.05) is 26.3 Å². The summed E-state index contributed by atoms with van der Waals surface area (Å²) in [4.78, 5) is 20.5. The van der Waals surface area contributed by atoms with E-state index in [1.165, 1.54) is 15.9 Å². The van der Waals surface area contributed by atoms with Gasteiger partial charge in [-0.3, -0.25) is 9.69 Å². The second kappa shape index (κ2) is 9.23. The molecule has 2 aromatic heterocycles. The van der Waals surface area contributed by atoms with Crippen LogP contribution in [0.3, 0.4) is 0 Å². The number of hydrogen-bond acceptors (Lipinski definition) is 8. The molecular formula is C22H28N4O4S. The summed E-state index contributed by atoms with van der Waals surface area (Å²) in [5.41, 5.74) is 1.02. The molecule has 3 aromatic rings. The Kier molecular flexibility index (Phi) is 6.43. The molecule has 0 radical (unpaired) electrons. The molecule has 166 valence electrons. The van der Waals surface area contributed by atoms with Gasteiger partial charge in [-0.25, -0.2) is 4.98 Å². The second-order valence-electron chi connectivity index (χ2n) is 7.63. The highest BCUT2D eigenvalue weighted by Gasteiger charge is 2.35. The van der Waals surface area contributed by atoms with E-state index in [2.05, 4.69) is 15.0 Å². The van der Waals surface area contributed by atoms with Gasteiger partial charge in [0.2, 0.25) is 10.8 Å². The Bertz CT molecular complexity index is 1050. The van der Waals surface area contributed by atoms with Crippen LogP contribution in [0.5, 0.6) is 11.6 Å². The minimum Gasteiger partial charge on any atom is -0.494 e. The van der Waals surface area contributed by atoms with Gasteiger partial charge in [0.15, 0.2) is 0 Å². The number of ether oxygens (including phenoxy) is 2. The molecule has 3 heterocycles. The maximum Gasteiger partial charge on any atom is 0.310 e. The van der Waals surface area contributed by atoms with Crippen molar-refractivity contribution >= 4 is 22.3 Å². The summed E-state index contributed by atoms with van der Waals surface area (Å²) in [6, 6.07) is 7.70. The number of esters is 1. The smallest absolute Gasteiger partial charge is 0.310 e. The first kappa shape index (κ1) is 21.6. The third-order valence-corrected chi connectivity index (χ3v) is 6.57. The molecule has 0 spiro atoms. The largest absolute Gasteiger partial charge is 0.494 e. The van der Waals surface area contributed by atoms with E-state index < -0.39 is 0 Å². The number of hydrogen-bond donors (Lipinski definition) is 1. The minimum absolute atomic E-state index is 0.0951. The van der Waals surface area contributed by atoms with E-state index in [4.69, 9.17) is 9.47 Å². The summed E-state index contributed by atoms with van der Waals surface area (Å²) in [6.45, 7) is 7.96. The number of nitrogens with zero attached hydrogens (tertiary/aromatic N) is 4. The Morgan fingerprint density at radius 1 is 1.29 bits per heavy atom. The number of aromatic nitrogens is 3. The molecular weight excluding hydrogens is 416 g/mol. The van der Waals surface area contributed by atoms with Crippen LogP contribution < -0.4 is 4.74 Å². The van der Waals surface area contributed by atoms with Gasteiger partial charge in [-0.2, -0.15) is 4.52 Å². The number of carbonyl (C=O) groups excluding carboxylic acids is 1. The van der Waals surface area contributed by atoms with Gasteiger partial charge in [0.1, 0.15) is 11.6 Å². The molecule has 0 bridgehead atoms. The molecule has 2 atom stereocenters. The zero-order valence-electron chi connectivity index (χ0n) is 18.1. The number of likely N-dealkylation sites (tertiary alicyclic amines) is 1. The average Bonchev–Trinajstić information content (AvgIpc) is 3.27. The fourth-order valence-corrected chi connectivity index (χ4v) is 5.32. The first-order valence-electron chi connectivity index (χ1n) is 10.7. The van der Waals surface area contributed by atoms with E-state index in [0.29, 0.717) is 30.5 Å². The van der Waals surface area contributed by atoms with Crippen molar-refractivity contribution in [2.45, 2.75) is 39.7 Å². The first-order chi connectivity index (χ1) is 15.0. The Morgan fingerprint density at radius 3 is 2.74 bits per heavy atom. The Hall–Kier alpha value is -2.65. The number of carbonyl (C=O) groups is 1. The van der Waals surface area contributed by atoms with Gasteiger partial charge in [-0.05, 0) is 57.9 Å². The van der Waals surface area contributed by atoms with Gasteiger partial charge in [0, 0.05) is 6.54 Å². The first-order valence-corrected chi connectivity index (χ1v) is 11.5. The molecule has 1 fully saturated rings. The fraction of sp³-hybridized carbons (Fsp3) is 0.500. The predicted octanol–water partition coefficient (Wildman–Crippen LogP) is 3.57. The number of benzene rings is 1. The van der Waals surface area contributed by atoms with Crippen LogP contribution in [0.15, 0.2) is 24.3 Å². The van der Waals surface area contributed by atoms with Gasteiger partial charge in [0.05, 0.1) is 30.1 Å². The molecule has 4 rings (SSSR count). The van der Waals surface area contributed by atoms with E-state index >= 15 is 0 Å². The lowest BCUT2D eigenvalue weighted by Gasteiger charge is -2.37. The van der Waals surface area contributed by atoms with Crippen LogP contribution in [0.1, 0.15) is 49.0 Å². The van der Waals surface area contributed by atoms with Crippen LogP contribution in [-0.2, 0) is 9.53 Å². The summed E-state index contributed by atoms with van der Waals surface area (Å²) in [6.07, 6.45) is 1.70. The normalized spacial score (nSPS) is 18.2. The van der Waals surface area contributed by atoms with Gasteiger partial charge in [0.25, 0.3) is 0 Å². The molecule has 2 unspecified atom stereocenters. The molecule has 1 saturated heterocycles. The highest BCUT2D eigenvalue weighted by Crippen LogP contribution is 2.41. The van der Waals surface area contributed by atoms with Crippen LogP contribution >= 0.6 is 11.3 Å². The lowest BCUT2D eigenvalue weighted by molar-refractivity contribution is -0.150. The average molecular weight is 445 g/mol. The van der Waals surface area contributed by atoms with Crippen molar-refractivity contribution in [3.05, 3.63) is 40.5 Å². The Morgan fingerprint density at radius 2 is 2.06 bits per heavy atom. The maximum atomic E-state index is 12.4. The summed E-state index contributed by atoms with van der Waals surface area (Å²) in [5.74, 6) is 1.19. The molecule has 0 aliphatic carbocycles. The molecule has 0 saturated carbocycles. The zero-order chi connectivity index (χ0) is 22.0. The molecule has 0 amide bonds. The molecule has 1 aliphatic rings. The van der Waals surface area contributed by atoms with Crippen LogP contribution in [-0.4, -0.2) is 56.9 Å². The van der Waals surface area contributed by atoms with Crippen molar-refractivity contribution in [1.29, 1.82) is 0 Å². The minimum atomic E-state index is -0.221. The predicted molar refractivity (Wildman–Crippen MR) is 118 cm³/mol. The molecule has 8 nitrogen and oxygen atoms in total. The van der Waals surface area contributed by atoms with E-state index in [0.717, 1.165) is 35.6 Å². The number of aryl methyl sites for hydroxylation is 1. The van der Waals surface area contributed by atoms with E-state index in [1.54, 1.807) is 6.92 Å². The molecule has 1 N–H and O–H groups in total. The van der Waals surface area contributed by atoms with Gasteiger partial charge >= 0.3 is 5.97 Å². The van der Waals surface area contributed by atoms with Crippen LogP contribution in [0, 0.1) is 12.8 Å². The molecule has 1 aliphatic heterocycles. The molecule has 1 aromatic carbocycles. The molecule has 9 heteroatoms. The number of piperidine rings is 1. The van der Waals surface area contributed by atoms with Crippen LogP contribution in [0.4, 0.5) is 0 Å². The zero-order valence-corrected chi connectivity index (χ0v) is 18.9. The van der Waals surface area contributed by atoms with Gasteiger partial charge in [-0.15, -0.1) is 5.10 Å². The highest BCUT2D eigenvalue weighted by molar-refractivity contribution is 7.17. The van der Waals surface area contributed by atoms with Crippen molar-refractivity contribution < 1.29 is 19.4 Å². The summed E-state index contributed by atoms with van der Waals surface area (Å²) in [7, 11) is 0. The van der Waals surface area contributed by atoms with E-state index in [9.17, 15) is 9.90 Å². The number of rotatable bonds is 7. The Labute approximate surface area is 185 Å². The van der Waals surface area contributed by atoms with E-state index in [-0.39, 0.29) is 23.8 Å². The van der Waals surface area contributed by atoms with Crippen molar-refractivity contribution in [3.8, 4) is 11.6 Å². The topological polar surface area (TPSA) is 89.2 Å². The van der Waals surface area contributed by atoms with Crippen LogP contribution in [0.2, 0.25) is 0 Å². The number of aromatic hydroxyl groups is 1. The van der Waals surface area contributed by atoms with Crippen molar-refractivity contribution in [3.63, 3.8) is 0 Å². The Balaban J connectivity index is 1.72. The quantitative estimate of drug-likeness (QED) is 0.557. The fourth-order valence-electron chi connectivity index (χ4n) is 4.16. The lowest BCUT2D eigenvalue weighted by atomic mass is 9.94. The monoisotopic (exact) mass is 444 g/mol. The lowest BCUT2D eigenvalue weighted by Crippen LogP contribution is -2.41. The molecule has 31 heavy (non-hydrogen) atoms. The summed E-state index contributed by atoms with van der Waals surface area (Å²) in [5, 5.41) is 15.3.